The molecule has 2 aromatic rings. The number of rotatable bonds is 5. The lowest BCUT2D eigenvalue weighted by Gasteiger charge is -2.26. The number of hydrogen-bond donors (Lipinski definition) is 1. The van der Waals surface area contributed by atoms with Crippen molar-refractivity contribution in [3.05, 3.63) is 52.5 Å². The summed E-state index contributed by atoms with van der Waals surface area (Å²) in [5, 5.41) is 4.44. The summed E-state index contributed by atoms with van der Waals surface area (Å²) in [5.41, 5.74) is 0.207. The molecular formula is C17H17FN2O4S2. The second-order valence-corrected chi connectivity index (χ2v) is 8.39. The molecule has 0 radical (unpaired) electrons. The van der Waals surface area contributed by atoms with Crippen molar-refractivity contribution in [2.45, 2.75) is 4.90 Å². The lowest BCUT2D eigenvalue weighted by molar-refractivity contribution is -0.111. The van der Waals surface area contributed by atoms with E-state index in [-0.39, 0.29) is 32.0 Å². The number of morpholine rings is 1. The van der Waals surface area contributed by atoms with Gasteiger partial charge in [-0.3, -0.25) is 4.79 Å². The molecule has 1 aromatic carbocycles. The van der Waals surface area contributed by atoms with Gasteiger partial charge in [-0.15, -0.1) is 11.3 Å². The lowest BCUT2D eigenvalue weighted by atomic mass is 10.3. The number of carbonyl (C=O) groups excluding carboxylic acids is 1. The van der Waals surface area contributed by atoms with E-state index in [4.69, 9.17) is 4.74 Å². The second kappa shape index (κ2) is 8.09. The number of hydrogen-bond acceptors (Lipinski definition) is 5. The zero-order valence-electron chi connectivity index (χ0n) is 13.7. The van der Waals surface area contributed by atoms with E-state index in [0.29, 0.717) is 0 Å². The van der Waals surface area contributed by atoms with Crippen LogP contribution in [0.5, 0.6) is 0 Å². The summed E-state index contributed by atoms with van der Waals surface area (Å²) in [5.74, 6) is -1.29. The fourth-order valence-electron chi connectivity index (χ4n) is 2.43. The van der Waals surface area contributed by atoms with E-state index in [9.17, 15) is 17.6 Å². The Balaban J connectivity index is 1.78. The Hall–Kier alpha value is -2.07. The molecule has 0 aliphatic carbocycles. The molecular weight excluding hydrogens is 379 g/mol. The molecule has 6 nitrogen and oxygen atoms in total. The van der Waals surface area contributed by atoms with E-state index in [1.807, 2.05) is 17.5 Å². The molecule has 0 unspecified atom stereocenters. The predicted octanol–water partition coefficient (Wildman–Crippen LogP) is 2.56. The lowest BCUT2D eigenvalue weighted by Crippen LogP contribution is -2.40. The maximum absolute atomic E-state index is 14.1. The van der Waals surface area contributed by atoms with Crippen molar-refractivity contribution >= 4 is 39.0 Å². The zero-order chi connectivity index (χ0) is 18.6. The van der Waals surface area contributed by atoms with Crippen LogP contribution in [-0.4, -0.2) is 44.9 Å². The summed E-state index contributed by atoms with van der Waals surface area (Å²) >= 11 is 1.48. The SMILES string of the molecule is O=C(C=Cc1cccs1)Nc1ccc(F)c(S(=O)(=O)N2CCOCC2)c1. The Morgan fingerprint density at radius 1 is 1.27 bits per heavy atom. The third-order valence-electron chi connectivity index (χ3n) is 3.73. The highest BCUT2D eigenvalue weighted by Gasteiger charge is 2.29. The minimum atomic E-state index is -3.99. The number of amides is 1. The maximum Gasteiger partial charge on any atom is 0.248 e. The fraction of sp³-hybridized carbons (Fsp3) is 0.235. The minimum absolute atomic E-state index is 0.169. The Kier molecular flexibility index (Phi) is 5.82. The molecule has 1 aromatic heterocycles. The van der Waals surface area contributed by atoms with Gasteiger partial charge in [-0.05, 0) is 35.7 Å². The number of thiophene rings is 1. The normalized spacial score (nSPS) is 16.0. The van der Waals surface area contributed by atoms with Gasteiger partial charge in [0, 0.05) is 29.7 Å². The van der Waals surface area contributed by atoms with Crippen LogP contribution < -0.4 is 5.32 Å². The molecule has 3 rings (SSSR count). The van der Waals surface area contributed by atoms with Gasteiger partial charge in [0.2, 0.25) is 15.9 Å². The average Bonchev–Trinajstić information content (AvgIpc) is 3.16. The number of sulfonamides is 1. The number of carbonyl (C=O) groups is 1. The maximum atomic E-state index is 14.1. The molecule has 1 aliphatic heterocycles. The van der Waals surface area contributed by atoms with Crippen LogP contribution in [-0.2, 0) is 19.6 Å². The highest BCUT2D eigenvalue weighted by molar-refractivity contribution is 7.89. The van der Waals surface area contributed by atoms with E-state index in [1.165, 1.54) is 27.8 Å². The monoisotopic (exact) mass is 396 g/mol. The first-order valence-corrected chi connectivity index (χ1v) is 10.2. The summed E-state index contributed by atoms with van der Waals surface area (Å²) in [7, 11) is -3.99. The van der Waals surface area contributed by atoms with Gasteiger partial charge in [-0.25, -0.2) is 12.8 Å². The molecule has 0 atom stereocenters. The van der Waals surface area contributed by atoms with Crippen molar-refractivity contribution < 1.29 is 22.3 Å². The van der Waals surface area contributed by atoms with Crippen LogP contribution in [0.3, 0.4) is 0 Å². The molecule has 0 bridgehead atoms. The molecule has 1 fully saturated rings. The van der Waals surface area contributed by atoms with Crippen molar-refractivity contribution in [3.8, 4) is 0 Å². The Morgan fingerprint density at radius 2 is 2.04 bits per heavy atom. The third-order valence-corrected chi connectivity index (χ3v) is 6.48. The first-order valence-electron chi connectivity index (χ1n) is 7.87. The molecule has 9 heteroatoms. The Morgan fingerprint density at radius 3 is 2.73 bits per heavy atom. The van der Waals surface area contributed by atoms with E-state index in [2.05, 4.69) is 5.32 Å². The predicted molar refractivity (Wildman–Crippen MR) is 98.0 cm³/mol. The topological polar surface area (TPSA) is 75.7 Å². The zero-order valence-corrected chi connectivity index (χ0v) is 15.4. The van der Waals surface area contributed by atoms with E-state index >= 15 is 0 Å². The van der Waals surface area contributed by atoms with Crippen LogP contribution in [0.25, 0.3) is 6.08 Å². The molecule has 0 saturated carbocycles. The molecule has 1 amide bonds. The van der Waals surface area contributed by atoms with Crippen LogP contribution in [0.15, 0.2) is 46.7 Å². The molecule has 26 heavy (non-hydrogen) atoms. The van der Waals surface area contributed by atoms with Crippen LogP contribution in [0.4, 0.5) is 10.1 Å². The fourth-order valence-corrected chi connectivity index (χ4v) is 4.55. The highest BCUT2D eigenvalue weighted by atomic mass is 32.2. The highest BCUT2D eigenvalue weighted by Crippen LogP contribution is 2.24. The van der Waals surface area contributed by atoms with E-state index in [1.54, 1.807) is 6.08 Å². The van der Waals surface area contributed by atoms with Gasteiger partial charge < -0.3 is 10.1 Å². The molecule has 138 valence electrons. The Labute approximate surface area is 154 Å². The number of nitrogens with zero attached hydrogens (tertiary/aromatic N) is 1. The van der Waals surface area contributed by atoms with Gasteiger partial charge in [0.25, 0.3) is 0 Å². The van der Waals surface area contributed by atoms with Crippen molar-refractivity contribution in [1.29, 1.82) is 0 Å². The quantitative estimate of drug-likeness (QED) is 0.788. The average molecular weight is 396 g/mol. The number of halogens is 1. The molecule has 2 heterocycles. The first-order chi connectivity index (χ1) is 12.5. The summed E-state index contributed by atoms with van der Waals surface area (Å²) in [6.07, 6.45) is 2.99. The van der Waals surface area contributed by atoms with Crippen molar-refractivity contribution in [2.24, 2.45) is 0 Å². The molecule has 1 aliphatic rings. The van der Waals surface area contributed by atoms with Gasteiger partial charge in [-0.2, -0.15) is 4.31 Å². The number of nitrogens with one attached hydrogen (secondary N) is 1. The van der Waals surface area contributed by atoms with Crippen molar-refractivity contribution in [2.75, 3.05) is 31.6 Å². The van der Waals surface area contributed by atoms with Crippen LogP contribution in [0.2, 0.25) is 0 Å². The standard InChI is InChI=1S/C17H17FN2O4S2/c18-15-5-3-13(19-17(21)6-4-14-2-1-11-25-14)12-16(15)26(22,23)20-7-9-24-10-8-20/h1-6,11-12H,7-10H2,(H,19,21). The minimum Gasteiger partial charge on any atom is -0.379 e. The van der Waals surface area contributed by atoms with E-state index < -0.39 is 26.6 Å². The van der Waals surface area contributed by atoms with Crippen molar-refractivity contribution in [3.63, 3.8) is 0 Å². The summed E-state index contributed by atoms with van der Waals surface area (Å²) < 4.78 is 45.7. The largest absolute Gasteiger partial charge is 0.379 e. The molecule has 0 spiro atoms. The van der Waals surface area contributed by atoms with Crippen LogP contribution in [0, 0.1) is 5.82 Å². The summed E-state index contributed by atoms with van der Waals surface area (Å²) in [6.45, 7) is 0.874. The Bertz CT molecular complexity index is 905. The number of anilines is 1. The second-order valence-electron chi connectivity index (χ2n) is 5.50. The van der Waals surface area contributed by atoms with Gasteiger partial charge in [0.1, 0.15) is 10.7 Å². The van der Waals surface area contributed by atoms with Gasteiger partial charge in [-0.1, -0.05) is 6.07 Å². The number of ether oxygens (including phenoxy) is 1. The summed E-state index contributed by atoms with van der Waals surface area (Å²) in [4.78, 5) is 12.4. The third kappa shape index (κ3) is 4.36. The van der Waals surface area contributed by atoms with Crippen molar-refractivity contribution in [1.82, 2.24) is 4.31 Å². The molecule has 1 saturated heterocycles. The first kappa shape index (κ1) is 18.7. The summed E-state index contributed by atoms with van der Waals surface area (Å²) in [6, 6.07) is 7.22. The van der Waals surface area contributed by atoms with Gasteiger partial charge in [0.15, 0.2) is 0 Å². The van der Waals surface area contributed by atoms with Crippen LogP contribution in [0.1, 0.15) is 4.88 Å². The number of benzene rings is 1. The molecule has 1 N–H and O–H groups in total. The van der Waals surface area contributed by atoms with Gasteiger partial charge >= 0.3 is 0 Å². The van der Waals surface area contributed by atoms with E-state index in [0.717, 1.165) is 17.0 Å². The van der Waals surface area contributed by atoms with Gasteiger partial charge in [0.05, 0.1) is 13.2 Å². The smallest absolute Gasteiger partial charge is 0.248 e. The van der Waals surface area contributed by atoms with Crippen LogP contribution >= 0.6 is 11.3 Å².